The van der Waals surface area contributed by atoms with E-state index >= 15 is 0 Å². The lowest BCUT2D eigenvalue weighted by molar-refractivity contribution is -0.0545. The predicted molar refractivity (Wildman–Crippen MR) is 133 cm³/mol. The second-order valence-electron chi connectivity index (χ2n) is 9.82. The highest BCUT2D eigenvalue weighted by molar-refractivity contribution is 7.21. The average Bonchev–Trinajstić information content (AvgIpc) is 3.48. The number of fused-ring (bicyclic) bond motifs is 1. The van der Waals surface area contributed by atoms with E-state index in [9.17, 15) is 15.3 Å². The number of nitrogens with zero attached hydrogens (tertiary/aromatic N) is 4. The Morgan fingerprint density at radius 3 is 2.56 bits per heavy atom. The summed E-state index contributed by atoms with van der Waals surface area (Å²) in [5.41, 5.74) is 2.43. The molecule has 0 bridgehead atoms. The maximum Gasteiger partial charge on any atom is 0.225 e. The molecule has 0 aliphatic heterocycles. The molecule has 34 heavy (non-hydrogen) atoms. The Balaban J connectivity index is 1.59. The number of hydrogen-bond donors (Lipinski definition) is 5. The molecule has 4 unspecified atom stereocenters. The first-order valence-corrected chi connectivity index (χ1v) is 12.7. The highest BCUT2D eigenvalue weighted by Crippen LogP contribution is 2.41. The summed E-state index contributed by atoms with van der Waals surface area (Å²) in [6.07, 6.45) is 2.08. The number of rotatable bonds is 7. The normalized spacial score (nSPS) is 25.6. The monoisotopic (exact) mass is 484 g/mol. The van der Waals surface area contributed by atoms with Gasteiger partial charge in [0.1, 0.15) is 22.4 Å². The highest BCUT2D eigenvalue weighted by atomic mass is 32.1. The highest BCUT2D eigenvalue weighted by Gasteiger charge is 2.47. The lowest BCUT2D eigenvalue weighted by Crippen LogP contribution is -2.48. The van der Waals surface area contributed by atoms with Gasteiger partial charge in [0.05, 0.1) is 21.7 Å². The third kappa shape index (κ3) is 4.24. The number of aromatic nitrogens is 4. The van der Waals surface area contributed by atoms with E-state index in [1.54, 1.807) is 0 Å². The van der Waals surface area contributed by atoms with Crippen molar-refractivity contribution in [1.29, 1.82) is 0 Å². The largest absolute Gasteiger partial charge is 0.396 e. The Labute approximate surface area is 202 Å². The minimum Gasteiger partial charge on any atom is -0.396 e. The van der Waals surface area contributed by atoms with Crippen molar-refractivity contribution in [3.63, 3.8) is 0 Å². The van der Waals surface area contributed by atoms with Gasteiger partial charge >= 0.3 is 0 Å². The lowest BCUT2D eigenvalue weighted by atomic mass is 10.0. The zero-order valence-electron chi connectivity index (χ0n) is 20.0. The van der Waals surface area contributed by atoms with Crippen molar-refractivity contribution >= 4 is 33.3 Å². The van der Waals surface area contributed by atoms with E-state index in [1.807, 2.05) is 26.8 Å². The van der Waals surface area contributed by atoms with Crippen LogP contribution in [-0.2, 0) is 0 Å². The van der Waals surface area contributed by atoms with E-state index in [4.69, 9.17) is 15.0 Å². The fourth-order valence-corrected chi connectivity index (χ4v) is 6.08. The van der Waals surface area contributed by atoms with Crippen molar-refractivity contribution in [3.05, 3.63) is 23.1 Å². The standard InChI is InChI=1S/C24H32N6O3S/c1-11-9-17-19(14(4)25-11)28-22(34-17)18-13(3)27-23(26-12(2)15-5-6-15)29-21(18)30-24(33)8-7-16(10-31)20(24)32/h9,12,15-16,20,31-33H,5-8,10H2,1-4H3,(H2,26,27,29,30). The summed E-state index contributed by atoms with van der Waals surface area (Å²) in [7, 11) is 0. The van der Waals surface area contributed by atoms with E-state index in [-0.39, 0.29) is 12.6 Å². The Morgan fingerprint density at radius 2 is 1.88 bits per heavy atom. The molecule has 3 aromatic rings. The number of nitrogens with one attached hydrogen (secondary N) is 2. The van der Waals surface area contributed by atoms with E-state index in [2.05, 4.69) is 22.5 Å². The molecular formula is C24H32N6O3S. The molecule has 9 nitrogen and oxygen atoms in total. The fraction of sp³-hybridized carbons (Fsp3) is 0.583. The minimum atomic E-state index is -1.60. The number of aryl methyl sites for hydroxylation is 3. The van der Waals surface area contributed by atoms with Gasteiger partial charge in [-0.15, -0.1) is 11.3 Å². The Kier molecular flexibility index (Phi) is 5.96. The summed E-state index contributed by atoms with van der Waals surface area (Å²) < 4.78 is 1.02. The number of hydrogen-bond acceptors (Lipinski definition) is 10. The molecule has 0 radical (unpaired) electrons. The van der Waals surface area contributed by atoms with Crippen LogP contribution in [0.1, 0.15) is 49.7 Å². The van der Waals surface area contributed by atoms with Gasteiger partial charge in [0, 0.05) is 24.3 Å². The van der Waals surface area contributed by atoms with Crippen molar-refractivity contribution in [3.8, 4) is 10.6 Å². The number of aliphatic hydroxyl groups is 3. The van der Waals surface area contributed by atoms with Crippen LogP contribution in [0.5, 0.6) is 0 Å². The molecule has 2 saturated carbocycles. The molecule has 2 aliphatic rings. The van der Waals surface area contributed by atoms with Crippen LogP contribution in [0.3, 0.4) is 0 Å². The third-order valence-corrected chi connectivity index (χ3v) is 8.09. The predicted octanol–water partition coefficient (Wildman–Crippen LogP) is 3.15. The maximum absolute atomic E-state index is 11.3. The molecule has 4 atom stereocenters. The van der Waals surface area contributed by atoms with Gasteiger partial charge in [-0.3, -0.25) is 4.98 Å². The number of thiazole rings is 1. The topological polar surface area (TPSA) is 136 Å². The molecule has 3 heterocycles. The number of pyridine rings is 1. The summed E-state index contributed by atoms with van der Waals surface area (Å²) in [5, 5.41) is 38.9. The van der Waals surface area contributed by atoms with Gasteiger partial charge < -0.3 is 26.0 Å². The molecule has 0 aromatic carbocycles. The van der Waals surface area contributed by atoms with Crippen LogP contribution in [0.4, 0.5) is 11.8 Å². The molecule has 0 spiro atoms. The first-order valence-electron chi connectivity index (χ1n) is 11.9. The third-order valence-electron chi connectivity index (χ3n) is 7.07. The molecule has 5 N–H and O–H groups in total. The van der Waals surface area contributed by atoms with Crippen LogP contribution in [0.25, 0.3) is 20.8 Å². The van der Waals surface area contributed by atoms with Gasteiger partial charge in [-0.25, -0.2) is 9.97 Å². The van der Waals surface area contributed by atoms with Crippen LogP contribution >= 0.6 is 11.3 Å². The zero-order chi connectivity index (χ0) is 24.2. The average molecular weight is 485 g/mol. The van der Waals surface area contributed by atoms with E-state index in [0.717, 1.165) is 32.3 Å². The minimum absolute atomic E-state index is 0.185. The lowest BCUT2D eigenvalue weighted by Gasteiger charge is -2.31. The zero-order valence-corrected chi connectivity index (χ0v) is 20.8. The molecule has 0 saturated heterocycles. The SMILES string of the molecule is Cc1cc2sc(-c3c(C)nc(NC(C)C4CC4)nc3NC3(O)CCC(CO)C3O)nc2c(C)n1. The Bertz CT molecular complexity index is 1230. The van der Waals surface area contributed by atoms with Crippen LogP contribution in [-0.4, -0.2) is 59.7 Å². The summed E-state index contributed by atoms with van der Waals surface area (Å²) in [6.45, 7) is 7.76. The van der Waals surface area contributed by atoms with Gasteiger partial charge in [0.2, 0.25) is 5.95 Å². The summed E-state index contributed by atoms with van der Waals surface area (Å²) in [5.74, 6) is 1.12. The van der Waals surface area contributed by atoms with Gasteiger partial charge in [0.25, 0.3) is 0 Å². The van der Waals surface area contributed by atoms with Crippen molar-refractivity contribution in [2.24, 2.45) is 11.8 Å². The molecule has 2 fully saturated rings. The van der Waals surface area contributed by atoms with Gasteiger partial charge in [-0.2, -0.15) is 4.98 Å². The Hall–Kier alpha value is -2.40. The molecule has 2 aliphatic carbocycles. The molecule has 10 heteroatoms. The second-order valence-corrected chi connectivity index (χ2v) is 10.8. The van der Waals surface area contributed by atoms with E-state index in [0.29, 0.717) is 36.1 Å². The van der Waals surface area contributed by atoms with Crippen LogP contribution in [0.2, 0.25) is 0 Å². The van der Waals surface area contributed by atoms with Gasteiger partial charge in [0.15, 0.2) is 5.72 Å². The van der Waals surface area contributed by atoms with Crippen LogP contribution < -0.4 is 10.6 Å². The fourth-order valence-electron chi connectivity index (χ4n) is 4.87. The smallest absolute Gasteiger partial charge is 0.225 e. The summed E-state index contributed by atoms with van der Waals surface area (Å²) in [4.78, 5) is 18.9. The van der Waals surface area contributed by atoms with Crippen molar-refractivity contribution in [2.75, 3.05) is 17.2 Å². The van der Waals surface area contributed by atoms with Crippen LogP contribution in [0, 0.1) is 32.6 Å². The molecule has 3 aromatic heterocycles. The first kappa shape index (κ1) is 23.3. The second kappa shape index (κ2) is 8.67. The summed E-state index contributed by atoms with van der Waals surface area (Å²) >= 11 is 1.53. The van der Waals surface area contributed by atoms with Crippen molar-refractivity contribution in [2.45, 2.75) is 71.2 Å². The van der Waals surface area contributed by atoms with Gasteiger partial charge in [-0.1, -0.05) is 0 Å². The molecule has 182 valence electrons. The number of aliphatic hydroxyl groups excluding tert-OH is 2. The van der Waals surface area contributed by atoms with Crippen molar-refractivity contribution < 1.29 is 15.3 Å². The van der Waals surface area contributed by atoms with Crippen molar-refractivity contribution in [1.82, 2.24) is 19.9 Å². The maximum atomic E-state index is 11.3. The Morgan fingerprint density at radius 1 is 1.12 bits per heavy atom. The summed E-state index contributed by atoms with van der Waals surface area (Å²) in [6, 6.07) is 2.26. The van der Waals surface area contributed by atoms with Gasteiger partial charge in [-0.05, 0) is 65.4 Å². The number of anilines is 2. The first-order chi connectivity index (χ1) is 16.2. The van der Waals surface area contributed by atoms with E-state index < -0.39 is 17.7 Å². The van der Waals surface area contributed by atoms with E-state index in [1.165, 1.54) is 24.2 Å². The molecular weight excluding hydrogens is 452 g/mol. The van der Waals surface area contributed by atoms with Crippen LogP contribution in [0.15, 0.2) is 6.07 Å². The molecule has 5 rings (SSSR count). The molecule has 0 amide bonds. The quantitative estimate of drug-likeness (QED) is 0.320.